The molecule has 0 saturated heterocycles. The Balaban J connectivity index is 2.41. The van der Waals surface area contributed by atoms with E-state index in [1.54, 1.807) is 0 Å². The normalized spacial score (nSPS) is 12.4. The van der Waals surface area contributed by atoms with Gasteiger partial charge in [-0.3, -0.25) is 0 Å². The molecule has 2 aromatic rings. The van der Waals surface area contributed by atoms with Gasteiger partial charge in [0.2, 0.25) is 0 Å². The van der Waals surface area contributed by atoms with Crippen LogP contribution in [0.15, 0.2) is 46.9 Å². The van der Waals surface area contributed by atoms with Crippen molar-refractivity contribution in [3.05, 3.63) is 69.2 Å². The van der Waals surface area contributed by atoms with Crippen molar-refractivity contribution in [1.82, 2.24) is 5.32 Å². The van der Waals surface area contributed by atoms with Crippen LogP contribution in [0.25, 0.3) is 0 Å². The topological polar surface area (TPSA) is 12.0 Å². The molecule has 0 heterocycles. The molecular weight excluding hydrogens is 298 g/mol. The summed E-state index contributed by atoms with van der Waals surface area (Å²) in [5.41, 5.74) is 5.16. The zero-order chi connectivity index (χ0) is 13.8. The van der Waals surface area contributed by atoms with Gasteiger partial charge in [0.25, 0.3) is 0 Å². The molecule has 2 rings (SSSR count). The van der Waals surface area contributed by atoms with Gasteiger partial charge in [-0.25, -0.2) is 0 Å². The molecule has 0 spiro atoms. The summed E-state index contributed by atoms with van der Waals surface area (Å²) in [6, 6.07) is 15.5. The fourth-order valence-electron chi connectivity index (χ4n) is 2.24. The fraction of sp³-hybridized carbons (Fsp3) is 0.294. The molecule has 0 radical (unpaired) electrons. The van der Waals surface area contributed by atoms with Gasteiger partial charge < -0.3 is 5.32 Å². The second kappa shape index (κ2) is 6.36. The highest BCUT2D eigenvalue weighted by atomic mass is 79.9. The van der Waals surface area contributed by atoms with E-state index in [0.717, 1.165) is 6.54 Å². The maximum atomic E-state index is 3.69. The summed E-state index contributed by atoms with van der Waals surface area (Å²) in [7, 11) is 0. The molecule has 0 aliphatic carbocycles. The SMILES string of the molecule is CCNC(c1ccc(C)cc1)c1ccc(C)cc1Br. The Morgan fingerprint density at radius 2 is 1.63 bits per heavy atom. The van der Waals surface area contributed by atoms with E-state index >= 15 is 0 Å². The van der Waals surface area contributed by atoms with E-state index in [1.807, 2.05) is 0 Å². The Labute approximate surface area is 124 Å². The van der Waals surface area contributed by atoms with Crippen molar-refractivity contribution in [2.24, 2.45) is 0 Å². The Bertz CT molecular complexity index is 546. The highest BCUT2D eigenvalue weighted by Gasteiger charge is 2.15. The van der Waals surface area contributed by atoms with E-state index in [-0.39, 0.29) is 6.04 Å². The van der Waals surface area contributed by atoms with E-state index in [4.69, 9.17) is 0 Å². The molecule has 1 N–H and O–H groups in total. The molecule has 0 fully saturated rings. The first-order valence-corrected chi connectivity index (χ1v) is 7.47. The lowest BCUT2D eigenvalue weighted by Crippen LogP contribution is -2.22. The van der Waals surface area contributed by atoms with Gasteiger partial charge in [0.1, 0.15) is 0 Å². The average Bonchev–Trinajstić information content (AvgIpc) is 2.38. The van der Waals surface area contributed by atoms with Crippen LogP contribution >= 0.6 is 15.9 Å². The van der Waals surface area contributed by atoms with Gasteiger partial charge in [0.05, 0.1) is 6.04 Å². The van der Waals surface area contributed by atoms with Crippen molar-refractivity contribution in [2.45, 2.75) is 26.8 Å². The summed E-state index contributed by atoms with van der Waals surface area (Å²) in [4.78, 5) is 0. The smallest absolute Gasteiger partial charge is 0.0587 e. The summed E-state index contributed by atoms with van der Waals surface area (Å²) >= 11 is 3.69. The second-order valence-electron chi connectivity index (χ2n) is 4.93. The number of hydrogen-bond acceptors (Lipinski definition) is 1. The minimum absolute atomic E-state index is 0.237. The summed E-state index contributed by atoms with van der Waals surface area (Å²) < 4.78 is 1.17. The lowest BCUT2D eigenvalue weighted by molar-refractivity contribution is 0.628. The van der Waals surface area contributed by atoms with Crippen LogP contribution < -0.4 is 5.32 Å². The van der Waals surface area contributed by atoms with Crippen LogP contribution in [0.2, 0.25) is 0 Å². The highest BCUT2D eigenvalue weighted by Crippen LogP contribution is 2.29. The summed E-state index contributed by atoms with van der Waals surface area (Å²) in [6.07, 6.45) is 0. The number of hydrogen-bond donors (Lipinski definition) is 1. The molecular formula is C17H20BrN. The standard InChI is InChI=1S/C17H20BrN/c1-4-19-17(14-8-5-12(2)6-9-14)15-10-7-13(3)11-16(15)18/h5-11,17,19H,4H2,1-3H3. The van der Waals surface area contributed by atoms with Crippen LogP contribution in [0.4, 0.5) is 0 Å². The number of rotatable bonds is 4. The molecule has 0 saturated carbocycles. The van der Waals surface area contributed by atoms with Crippen LogP contribution in [-0.2, 0) is 0 Å². The Kier molecular flexibility index (Phi) is 4.78. The minimum Gasteiger partial charge on any atom is -0.306 e. The Hall–Kier alpha value is -1.12. The fourth-order valence-corrected chi connectivity index (χ4v) is 2.96. The third-order valence-electron chi connectivity index (χ3n) is 3.29. The first-order chi connectivity index (χ1) is 9.11. The maximum absolute atomic E-state index is 3.69. The van der Waals surface area contributed by atoms with E-state index in [9.17, 15) is 0 Å². The molecule has 2 heteroatoms. The van der Waals surface area contributed by atoms with Crippen molar-refractivity contribution in [3.8, 4) is 0 Å². The molecule has 1 atom stereocenters. The van der Waals surface area contributed by atoms with E-state index < -0.39 is 0 Å². The number of benzene rings is 2. The minimum atomic E-state index is 0.237. The summed E-state index contributed by atoms with van der Waals surface area (Å²) in [5, 5.41) is 3.56. The Morgan fingerprint density at radius 3 is 2.21 bits per heavy atom. The van der Waals surface area contributed by atoms with Crippen molar-refractivity contribution >= 4 is 15.9 Å². The number of halogens is 1. The van der Waals surface area contributed by atoms with Crippen molar-refractivity contribution in [1.29, 1.82) is 0 Å². The van der Waals surface area contributed by atoms with Gasteiger partial charge in [-0.05, 0) is 43.1 Å². The van der Waals surface area contributed by atoms with Crippen LogP contribution in [0.1, 0.15) is 35.2 Å². The van der Waals surface area contributed by atoms with Crippen molar-refractivity contribution in [2.75, 3.05) is 6.54 Å². The number of nitrogens with one attached hydrogen (secondary N) is 1. The first kappa shape index (κ1) is 14.3. The average molecular weight is 318 g/mol. The third kappa shape index (κ3) is 3.46. The molecule has 0 amide bonds. The zero-order valence-electron chi connectivity index (χ0n) is 11.7. The maximum Gasteiger partial charge on any atom is 0.0587 e. The van der Waals surface area contributed by atoms with Crippen molar-refractivity contribution in [3.63, 3.8) is 0 Å². The molecule has 1 unspecified atom stereocenters. The van der Waals surface area contributed by atoms with E-state index in [2.05, 4.69) is 84.5 Å². The van der Waals surface area contributed by atoms with E-state index in [1.165, 1.54) is 26.7 Å². The van der Waals surface area contributed by atoms with Crippen LogP contribution in [0, 0.1) is 13.8 Å². The van der Waals surface area contributed by atoms with E-state index in [0.29, 0.717) is 0 Å². The number of aryl methyl sites for hydroxylation is 2. The van der Waals surface area contributed by atoms with Gasteiger partial charge in [-0.2, -0.15) is 0 Å². The molecule has 0 bridgehead atoms. The van der Waals surface area contributed by atoms with Crippen LogP contribution in [-0.4, -0.2) is 6.54 Å². The predicted octanol–water partition coefficient (Wildman–Crippen LogP) is 4.76. The molecule has 0 aliphatic heterocycles. The van der Waals surface area contributed by atoms with Gasteiger partial charge in [0, 0.05) is 4.47 Å². The van der Waals surface area contributed by atoms with Crippen molar-refractivity contribution < 1.29 is 0 Å². The molecule has 0 aromatic heterocycles. The highest BCUT2D eigenvalue weighted by molar-refractivity contribution is 9.10. The quantitative estimate of drug-likeness (QED) is 0.856. The Morgan fingerprint density at radius 1 is 1.00 bits per heavy atom. The monoisotopic (exact) mass is 317 g/mol. The predicted molar refractivity (Wildman–Crippen MR) is 85.6 cm³/mol. The van der Waals surface area contributed by atoms with Crippen LogP contribution in [0.5, 0.6) is 0 Å². The van der Waals surface area contributed by atoms with Crippen LogP contribution in [0.3, 0.4) is 0 Å². The molecule has 0 aliphatic rings. The molecule has 1 nitrogen and oxygen atoms in total. The molecule has 100 valence electrons. The summed E-state index contributed by atoms with van der Waals surface area (Å²) in [6.45, 7) is 7.32. The third-order valence-corrected chi connectivity index (χ3v) is 3.97. The van der Waals surface area contributed by atoms with Gasteiger partial charge >= 0.3 is 0 Å². The lowest BCUT2D eigenvalue weighted by atomic mass is 9.97. The molecule has 2 aromatic carbocycles. The van der Waals surface area contributed by atoms with Gasteiger partial charge in [0.15, 0.2) is 0 Å². The van der Waals surface area contributed by atoms with Gasteiger partial charge in [-0.1, -0.05) is 64.8 Å². The second-order valence-corrected chi connectivity index (χ2v) is 5.78. The summed E-state index contributed by atoms with van der Waals surface area (Å²) in [5.74, 6) is 0. The lowest BCUT2D eigenvalue weighted by Gasteiger charge is -2.21. The largest absolute Gasteiger partial charge is 0.306 e. The van der Waals surface area contributed by atoms with Gasteiger partial charge in [-0.15, -0.1) is 0 Å². The first-order valence-electron chi connectivity index (χ1n) is 6.68. The zero-order valence-corrected chi connectivity index (χ0v) is 13.3. The molecule has 19 heavy (non-hydrogen) atoms.